The minimum absolute atomic E-state index is 0.0890. The van der Waals surface area contributed by atoms with Gasteiger partial charge in [0.05, 0.1) is 13.7 Å². The maximum Gasteiger partial charge on any atom is 0.315 e. The predicted molar refractivity (Wildman–Crippen MR) is 103 cm³/mol. The summed E-state index contributed by atoms with van der Waals surface area (Å²) in [6, 6.07) is 13.1. The zero-order valence-electron chi connectivity index (χ0n) is 15.4. The molecule has 2 aromatic rings. The Morgan fingerprint density at radius 1 is 0.962 bits per heavy atom. The van der Waals surface area contributed by atoms with Crippen LogP contribution >= 0.6 is 0 Å². The van der Waals surface area contributed by atoms with Crippen molar-refractivity contribution in [3.05, 3.63) is 59.2 Å². The Balaban J connectivity index is 1.74. The lowest BCUT2D eigenvalue weighted by molar-refractivity contribution is -0.115. The number of anilines is 1. The van der Waals surface area contributed by atoms with E-state index in [-0.39, 0.29) is 18.5 Å². The standard InChI is InChI=1S/C20H25N3O3/c1-14-7-6-8-15(2)19(14)23-18(24)13-22-20(25)21-12-11-16-9-4-5-10-17(16)26-3/h4-10H,11-13H2,1-3H3,(H,23,24)(H2,21,22,25). The van der Waals surface area contributed by atoms with E-state index in [1.54, 1.807) is 7.11 Å². The summed E-state index contributed by atoms with van der Waals surface area (Å²) in [4.78, 5) is 23.9. The summed E-state index contributed by atoms with van der Waals surface area (Å²) in [5.74, 6) is 0.532. The highest BCUT2D eigenvalue weighted by Crippen LogP contribution is 2.19. The topological polar surface area (TPSA) is 79.5 Å². The van der Waals surface area contributed by atoms with Crippen molar-refractivity contribution in [3.8, 4) is 5.75 Å². The molecule has 6 nitrogen and oxygen atoms in total. The van der Waals surface area contributed by atoms with Gasteiger partial charge in [-0.3, -0.25) is 4.79 Å². The van der Waals surface area contributed by atoms with Crippen molar-refractivity contribution in [1.82, 2.24) is 10.6 Å². The molecular weight excluding hydrogens is 330 g/mol. The second-order valence-corrected chi connectivity index (χ2v) is 5.99. The Kier molecular flexibility index (Phi) is 7.02. The van der Waals surface area contributed by atoms with E-state index in [2.05, 4.69) is 16.0 Å². The summed E-state index contributed by atoms with van der Waals surface area (Å²) >= 11 is 0. The lowest BCUT2D eigenvalue weighted by Crippen LogP contribution is -2.40. The van der Waals surface area contributed by atoms with Crippen molar-refractivity contribution in [2.24, 2.45) is 0 Å². The molecule has 0 saturated carbocycles. The number of amides is 3. The lowest BCUT2D eigenvalue weighted by Gasteiger charge is -2.12. The van der Waals surface area contributed by atoms with Gasteiger partial charge in [-0.2, -0.15) is 0 Å². The summed E-state index contributed by atoms with van der Waals surface area (Å²) in [6.45, 7) is 4.22. The number of rotatable bonds is 7. The molecule has 0 aliphatic carbocycles. The van der Waals surface area contributed by atoms with Gasteiger partial charge in [-0.15, -0.1) is 0 Å². The molecule has 3 amide bonds. The summed E-state index contributed by atoms with van der Waals surface area (Å²) in [6.07, 6.45) is 0.645. The van der Waals surface area contributed by atoms with Crippen LogP contribution in [0.1, 0.15) is 16.7 Å². The number of para-hydroxylation sites is 2. The summed E-state index contributed by atoms with van der Waals surface area (Å²) in [5.41, 5.74) is 3.78. The van der Waals surface area contributed by atoms with E-state index in [1.165, 1.54) is 0 Å². The average molecular weight is 355 g/mol. The van der Waals surface area contributed by atoms with E-state index in [9.17, 15) is 9.59 Å². The maximum absolute atomic E-state index is 12.0. The first-order chi connectivity index (χ1) is 12.5. The molecular formula is C20H25N3O3. The van der Waals surface area contributed by atoms with Crippen LogP contribution in [0.3, 0.4) is 0 Å². The highest BCUT2D eigenvalue weighted by Gasteiger charge is 2.09. The SMILES string of the molecule is COc1ccccc1CCNC(=O)NCC(=O)Nc1c(C)cccc1C. The monoisotopic (exact) mass is 355 g/mol. The molecule has 0 heterocycles. The van der Waals surface area contributed by atoms with E-state index in [0.29, 0.717) is 13.0 Å². The van der Waals surface area contributed by atoms with Crippen LogP contribution in [-0.2, 0) is 11.2 Å². The van der Waals surface area contributed by atoms with Crippen LogP contribution in [0.2, 0.25) is 0 Å². The van der Waals surface area contributed by atoms with Crippen molar-refractivity contribution >= 4 is 17.6 Å². The van der Waals surface area contributed by atoms with Crippen LogP contribution in [0.5, 0.6) is 5.75 Å². The van der Waals surface area contributed by atoms with Crippen LogP contribution in [0, 0.1) is 13.8 Å². The molecule has 0 bridgehead atoms. The molecule has 138 valence electrons. The highest BCUT2D eigenvalue weighted by molar-refractivity contribution is 5.95. The van der Waals surface area contributed by atoms with Gasteiger partial charge in [0.25, 0.3) is 0 Å². The molecule has 0 spiro atoms. The van der Waals surface area contributed by atoms with Crippen LogP contribution < -0.4 is 20.7 Å². The largest absolute Gasteiger partial charge is 0.496 e. The smallest absolute Gasteiger partial charge is 0.315 e. The first kappa shape index (κ1) is 19.3. The second kappa shape index (κ2) is 9.46. The number of hydrogen-bond acceptors (Lipinski definition) is 3. The third kappa shape index (κ3) is 5.51. The number of nitrogens with one attached hydrogen (secondary N) is 3. The van der Waals surface area contributed by atoms with Crippen LogP contribution in [0.25, 0.3) is 0 Å². The van der Waals surface area contributed by atoms with Crippen molar-refractivity contribution in [3.63, 3.8) is 0 Å². The van der Waals surface area contributed by atoms with E-state index in [0.717, 1.165) is 28.1 Å². The minimum atomic E-state index is -0.378. The molecule has 26 heavy (non-hydrogen) atoms. The lowest BCUT2D eigenvalue weighted by atomic mass is 10.1. The summed E-state index contributed by atoms with van der Waals surface area (Å²) < 4.78 is 5.28. The molecule has 0 aliphatic heterocycles. The van der Waals surface area contributed by atoms with Gasteiger partial charge in [-0.1, -0.05) is 36.4 Å². The fourth-order valence-corrected chi connectivity index (χ4v) is 2.64. The number of hydrogen-bond donors (Lipinski definition) is 3. The molecule has 0 aromatic heterocycles. The number of methoxy groups -OCH3 is 1. The Bertz CT molecular complexity index is 754. The van der Waals surface area contributed by atoms with E-state index in [4.69, 9.17) is 4.74 Å². The zero-order chi connectivity index (χ0) is 18.9. The normalized spacial score (nSPS) is 10.1. The van der Waals surface area contributed by atoms with Crippen LogP contribution in [0.4, 0.5) is 10.5 Å². The van der Waals surface area contributed by atoms with Crippen LogP contribution in [-0.4, -0.2) is 32.1 Å². The highest BCUT2D eigenvalue weighted by atomic mass is 16.5. The Morgan fingerprint density at radius 2 is 1.65 bits per heavy atom. The number of aryl methyl sites for hydroxylation is 2. The van der Waals surface area contributed by atoms with Gasteiger partial charge in [-0.25, -0.2) is 4.79 Å². The van der Waals surface area contributed by atoms with E-state index < -0.39 is 0 Å². The number of carbonyl (C=O) groups excluding carboxylic acids is 2. The Labute approximate surface area is 153 Å². The number of urea groups is 1. The Hall–Kier alpha value is -3.02. The molecule has 0 saturated heterocycles. The van der Waals surface area contributed by atoms with Gasteiger partial charge in [0, 0.05) is 12.2 Å². The fraction of sp³-hybridized carbons (Fsp3) is 0.300. The predicted octanol–water partition coefficient (Wildman–Crippen LogP) is 2.79. The average Bonchev–Trinajstić information content (AvgIpc) is 2.63. The second-order valence-electron chi connectivity index (χ2n) is 5.99. The summed E-state index contributed by atoms with van der Waals surface area (Å²) in [7, 11) is 1.62. The van der Waals surface area contributed by atoms with Gasteiger partial charge >= 0.3 is 6.03 Å². The van der Waals surface area contributed by atoms with Crippen molar-refractivity contribution in [1.29, 1.82) is 0 Å². The molecule has 2 aromatic carbocycles. The number of carbonyl (C=O) groups is 2. The van der Waals surface area contributed by atoms with Gasteiger partial charge in [0.1, 0.15) is 5.75 Å². The number of benzene rings is 2. The van der Waals surface area contributed by atoms with Gasteiger partial charge < -0.3 is 20.7 Å². The molecule has 0 unspecified atom stereocenters. The molecule has 0 radical (unpaired) electrons. The quantitative estimate of drug-likeness (QED) is 0.714. The van der Waals surface area contributed by atoms with Gasteiger partial charge in [-0.05, 0) is 43.0 Å². The molecule has 6 heteroatoms. The van der Waals surface area contributed by atoms with Gasteiger partial charge in [0.15, 0.2) is 0 Å². The zero-order valence-corrected chi connectivity index (χ0v) is 15.4. The fourth-order valence-electron chi connectivity index (χ4n) is 2.64. The van der Waals surface area contributed by atoms with Crippen LogP contribution in [0.15, 0.2) is 42.5 Å². The molecule has 0 fully saturated rings. The minimum Gasteiger partial charge on any atom is -0.496 e. The van der Waals surface area contributed by atoms with E-state index in [1.807, 2.05) is 56.3 Å². The molecule has 3 N–H and O–H groups in total. The number of ether oxygens (including phenoxy) is 1. The third-order valence-corrected chi connectivity index (χ3v) is 4.03. The maximum atomic E-state index is 12.0. The Morgan fingerprint density at radius 3 is 2.35 bits per heavy atom. The molecule has 2 rings (SSSR count). The first-order valence-corrected chi connectivity index (χ1v) is 8.51. The molecule has 0 atom stereocenters. The van der Waals surface area contributed by atoms with Crippen molar-refractivity contribution in [2.75, 3.05) is 25.5 Å². The first-order valence-electron chi connectivity index (χ1n) is 8.51. The third-order valence-electron chi connectivity index (χ3n) is 4.03. The van der Waals surface area contributed by atoms with Gasteiger partial charge in [0.2, 0.25) is 5.91 Å². The summed E-state index contributed by atoms with van der Waals surface area (Å²) in [5, 5.41) is 8.13. The van der Waals surface area contributed by atoms with E-state index >= 15 is 0 Å². The van der Waals surface area contributed by atoms with Crippen molar-refractivity contribution in [2.45, 2.75) is 20.3 Å². The van der Waals surface area contributed by atoms with Crippen molar-refractivity contribution < 1.29 is 14.3 Å². The molecule has 0 aliphatic rings.